The summed E-state index contributed by atoms with van der Waals surface area (Å²) in [5.74, 6) is -3.02. The van der Waals surface area contributed by atoms with Crippen LogP contribution in [0.2, 0.25) is 0 Å². The van der Waals surface area contributed by atoms with Crippen molar-refractivity contribution in [2.24, 2.45) is 0 Å². The number of ether oxygens (including phenoxy) is 2. The Morgan fingerprint density at radius 1 is 1.24 bits per heavy atom. The molecule has 7 heteroatoms. The lowest BCUT2D eigenvalue weighted by Crippen LogP contribution is -2.30. The lowest BCUT2D eigenvalue weighted by molar-refractivity contribution is -0.166. The molecule has 21 heavy (non-hydrogen) atoms. The quantitative estimate of drug-likeness (QED) is 0.594. The number of phenolic OH excluding ortho intramolecular Hbond substituents is 1. The molecule has 1 atom stereocenters. The molecule has 0 saturated carbocycles. The Kier molecular flexibility index (Phi) is 5.94. The van der Waals surface area contributed by atoms with E-state index in [-0.39, 0.29) is 5.75 Å². The maximum atomic E-state index is 11.5. The molecular formula is C14H14O7. The minimum absolute atomic E-state index is 0.0851. The van der Waals surface area contributed by atoms with Gasteiger partial charge in [-0.05, 0) is 23.8 Å². The summed E-state index contributed by atoms with van der Waals surface area (Å²) in [5, 5.41) is 17.7. The Bertz CT molecular complexity index is 545. The van der Waals surface area contributed by atoms with Gasteiger partial charge in [-0.1, -0.05) is 12.1 Å². The van der Waals surface area contributed by atoms with Crippen LogP contribution in [0.15, 0.2) is 30.3 Å². The van der Waals surface area contributed by atoms with Crippen LogP contribution in [0.5, 0.6) is 5.75 Å². The van der Waals surface area contributed by atoms with E-state index in [1.54, 1.807) is 12.1 Å². The zero-order chi connectivity index (χ0) is 15.8. The second-order valence-corrected chi connectivity index (χ2v) is 3.97. The van der Waals surface area contributed by atoms with E-state index in [1.165, 1.54) is 18.2 Å². The van der Waals surface area contributed by atoms with E-state index in [9.17, 15) is 14.4 Å². The molecule has 0 bridgehead atoms. The monoisotopic (exact) mass is 294 g/mol. The minimum Gasteiger partial charge on any atom is -0.508 e. The van der Waals surface area contributed by atoms with Crippen LogP contribution in [0.4, 0.5) is 0 Å². The highest BCUT2D eigenvalue weighted by Gasteiger charge is 2.25. The Labute approximate surface area is 120 Å². The summed E-state index contributed by atoms with van der Waals surface area (Å²) in [4.78, 5) is 33.4. The van der Waals surface area contributed by atoms with Gasteiger partial charge in [0.1, 0.15) is 5.75 Å². The van der Waals surface area contributed by atoms with Crippen LogP contribution in [-0.2, 0) is 23.9 Å². The van der Waals surface area contributed by atoms with E-state index in [2.05, 4.69) is 4.74 Å². The largest absolute Gasteiger partial charge is 0.508 e. The normalized spacial score (nSPS) is 11.9. The molecule has 0 amide bonds. The first kappa shape index (κ1) is 16.2. The van der Waals surface area contributed by atoms with E-state index in [1.807, 2.05) is 0 Å². The van der Waals surface area contributed by atoms with Crippen LogP contribution >= 0.6 is 0 Å². The van der Waals surface area contributed by atoms with Crippen LogP contribution in [0.1, 0.15) is 12.0 Å². The summed E-state index contributed by atoms with van der Waals surface area (Å²) in [5.41, 5.74) is 0.623. The Hall–Kier alpha value is -2.83. The van der Waals surface area contributed by atoms with Crippen LogP contribution in [0, 0.1) is 0 Å². The smallest absolute Gasteiger partial charge is 0.347 e. The van der Waals surface area contributed by atoms with Gasteiger partial charge in [-0.3, -0.25) is 4.79 Å². The summed E-state index contributed by atoms with van der Waals surface area (Å²) < 4.78 is 9.09. The predicted molar refractivity (Wildman–Crippen MR) is 71.3 cm³/mol. The molecule has 0 aliphatic rings. The highest BCUT2D eigenvalue weighted by Crippen LogP contribution is 2.11. The van der Waals surface area contributed by atoms with Crippen molar-refractivity contribution in [2.75, 3.05) is 7.11 Å². The summed E-state index contributed by atoms with van der Waals surface area (Å²) >= 11 is 0. The van der Waals surface area contributed by atoms with Gasteiger partial charge in [0.25, 0.3) is 0 Å². The molecule has 1 aromatic rings. The Balaban J connectivity index is 2.66. The maximum Gasteiger partial charge on any atom is 0.347 e. The lowest BCUT2D eigenvalue weighted by Gasteiger charge is -2.12. The SMILES string of the molecule is COC(=O)[C@H](CC(=O)O)OC(=O)C=Cc1ccc(O)cc1. The highest BCUT2D eigenvalue weighted by molar-refractivity contribution is 5.90. The van der Waals surface area contributed by atoms with Crippen LogP contribution < -0.4 is 0 Å². The number of phenols is 1. The van der Waals surface area contributed by atoms with Gasteiger partial charge in [0, 0.05) is 6.08 Å². The summed E-state index contributed by atoms with van der Waals surface area (Å²) in [6, 6.07) is 6.00. The van der Waals surface area contributed by atoms with Gasteiger partial charge in [-0.25, -0.2) is 9.59 Å². The second kappa shape index (κ2) is 7.68. The first-order valence-corrected chi connectivity index (χ1v) is 5.89. The standard InChI is InChI=1S/C14H14O7/c1-20-14(19)11(8-12(16)17)21-13(18)7-4-9-2-5-10(15)6-3-9/h2-7,11,15H,8H2,1H3,(H,16,17)/t11-/m0/s1. The average Bonchev–Trinajstić information content (AvgIpc) is 2.44. The highest BCUT2D eigenvalue weighted by atomic mass is 16.6. The summed E-state index contributed by atoms with van der Waals surface area (Å²) in [6.45, 7) is 0. The van der Waals surface area contributed by atoms with Crippen molar-refractivity contribution in [1.82, 2.24) is 0 Å². The van der Waals surface area contributed by atoms with Gasteiger partial charge in [0.15, 0.2) is 0 Å². The molecule has 0 aromatic heterocycles. The number of esters is 2. The number of aliphatic carboxylic acids is 1. The van der Waals surface area contributed by atoms with Crippen molar-refractivity contribution in [2.45, 2.75) is 12.5 Å². The third kappa shape index (κ3) is 5.77. The summed E-state index contributed by atoms with van der Waals surface area (Å²) in [6.07, 6.45) is 0.274. The molecule has 1 rings (SSSR count). The number of methoxy groups -OCH3 is 1. The minimum atomic E-state index is -1.50. The van der Waals surface area contributed by atoms with Crippen molar-refractivity contribution < 1.29 is 34.1 Å². The molecule has 112 valence electrons. The molecule has 0 fully saturated rings. The predicted octanol–water partition coefficient (Wildman–Crippen LogP) is 0.965. The van der Waals surface area contributed by atoms with Crippen molar-refractivity contribution >= 4 is 24.0 Å². The molecule has 2 N–H and O–H groups in total. The molecular weight excluding hydrogens is 280 g/mol. The number of benzene rings is 1. The van der Waals surface area contributed by atoms with Gasteiger partial charge >= 0.3 is 17.9 Å². The van der Waals surface area contributed by atoms with E-state index in [0.29, 0.717) is 5.56 Å². The van der Waals surface area contributed by atoms with Gasteiger partial charge in [-0.15, -0.1) is 0 Å². The molecule has 0 heterocycles. The van der Waals surface area contributed by atoms with Gasteiger partial charge in [0.05, 0.1) is 13.5 Å². The Morgan fingerprint density at radius 2 is 1.86 bits per heavy atom. The first-order valence-electron chi connectivity index (χ1n) is 5.89. The molecule has 0 aliphatic heterocycles. The number of rotatable bonds is 6. The third-order valence-electron chi connectivity index (χ3n) is 2.39. The fourth-order valence-corrected chi connectivity index (χ4v) is 1.39. The number of carbonyl (C=O) groups excluding carboxylic acids is 2. The number of carbonyl (C=O) groups is 3. The van der Waals surface area contributed by atoms with Crippen LogP contribution in [-0.4, -0.2) is 41.3 Å². The fraction of sp³-hybridized carbons (Fsp3) is 0.214. The maximum absolute atomic E-state index is 11.5. The van der Waals surface area contributed by atoms with Crippen LogP contribution in [0.3, 0.4) is 0 Å². The van der Waals surface area contributed by atoms with Crippen molar-refractivity contribution in [1.29, 1.82) is 0 Å². The van der Waals surface area contributed by atoms with Crippen LogP contribution in [0.25, 0.3) is 6.08 Å². The fourth-order valence-electron chi connectivity index (χ4n) is 1.39. The number of hydrogen-bond acceptors (Lipinski definition) is 6. The zero-order valence-electron chi connectivity index (χ0n) is 11.2. The third-order valence-corrected chi connectivity index (χ3v) is 2.39. The molecule has 0 saturated heterocycles. The zero-order valence-corrected chi connectivity index (χ0v) is 11.2. The number of carboxylic acids is 1. The molecule has 7 nitrogen and oxygen atoms in total. The van der Waals surface area contributed by atoms with Crippen molar-refractivity contribution in [3.05, 3.63) is 35.9 Å². The molecule has 0 aliphatic carbocycles. The molecule has 0 unspecified atom stereocenters. The van der Waals surface area contributed by atoms with Gasteiger partial charge < -0.3 is 19.7 Å². The lowest BCUT2D eigenvalue weighted by atomic mass is 10.2. The number of aromatic hydroxyl groups is 1. The first-order chi connectivity index (χ1) is 9.92. The van der Waals surface area contributed by atoms with E-state index in [0.717, 1.165) is 13.2 Å². The summed E-state index contributed by atoms with van der Waals surface area (Å²) in [7, 11) is 1.07. The number of hydrogen-bond donors (Lipinski definition) is 2. The average molecular weight is 294 g/mol. The van der Waals surface area contributed by atoms with Gasteiger partial charge in [-0.2, -0.15) is 0 Å². The number of carboxylic acid groups (broad SMARTS) is 1. The van der Waals surface area contributed by atoms with E-state index >= 15 is 0 Å². The van der Waals surface area contributed by atoms with Gasteiger partial charge in [0.2, 0.25) is 6.10 Å². The molecule has 0 radical (unpaired) electrons. The van der Waals surface area contributed by atoms with E-state index < -0.39 is 30.4 Å². The topological polar surface area (TPSA) is 110 Å². The van der Waals surface area contributed by atoms with Crippen molar-refractivity contribution in [3.8, 4) is 5.75 Å². The Morgan fingerprint density at radius 3 is 2.38 bits per heavy atom. The molecule has 0 spiro atoms. The second-order valence-electron chi connectivity index (χ2n) is 3.97. The molecule has 1 aromatic carbocycles. The van der Waals surface area contributed by atoms with Crippen molar-refractivity contribution in [3.63, 3.8) is 0 Å². The van der Waals surface area contributed by atoms with E-state index in [4.69, 9.17) is 14.9 Å².